The highest BCUT2D eigenvalue weighted by molar-refractivity contribution is 7.92. The fourth-order valence-electron chi connectivity index (χ4n) is 3.70. The molecule has 2 aromatic heterocycles. The molecule has 4 N–H and O–H groups in total. The Hall–Kier alpha value is -4.36. The standard InChI is InChI=1S/C25H19ClF3N5O4S/c1-31-10-14(9-30)13-7-17-18(12-33-24(17)32-11-13)23(35)21-19(27)5-6-20(22(21)26)34-39(36,37)16-4-2-3-15(8-16)38-25(28)29/h2-12,25,34H,30H2,1H3,(H,32,33). The fraction of sp³-hybridized carbons (Fsp3) is 0.0800. The van der Waals surface area contributed by atoms with Crippen LogP contribution >= 0.6 is 11.6 Å². The molecule has 0 unspecified atom stereocenters. The van der Waals surface area contributed by atoms with Gasteiger partial charge in [0.05, 0.1) is 21.2 Å². The van der Waals surface area contributed by atoms with Gasteiger partial charge in [0.15, 0.2) is 5.78 Å². The first kappa shape index (κ1) is 27.7. The van der Waals surface area contributed by atoms with E-state index >= 15 is 0 Å². The number of aliphatic imine (C=N–C) groups is 1. The van der Waals surface area contributed by atoms with Gasteiger partial charge in [0.2, 0.25) is 0 Å². The van der Waals surface area contributed by atoms with E-state index < -0.39 is 43.7 Å². The van der Waals surface area contributed by atoms with Gasteiger partial charge < -0.3 is 15.5 Å². The largest absolute Gasteiger partial charge is 0.435 e. The van der Waals surface area contributed by atoms with Crippen molar-refractivity contribution in [2.45, 2.75) is 11.5 Å². The number of benzene rings is 2. The van der Waals surface area contributed by atoms with Crippen molar-refractivity contribution >= 4 is 55.9 Å². The van der Waals surface area contributed by atoms with E-state index in [2.05, 4.69) is 24.4 Å². The van der Waals surface area contributed by atoms with Crippen molar-refractivity contribution in [1.29, 1.82) is 0 Å². The third-order valence-electron chi connectivity index (χ3n) is 5.46. The summed E-state index contributed by atoms with van der Waals surface area (Å²) >= 11 is 6.34. The molecule has 2 heterocycles. The number of carbonyl (C=O) groups is 1. The average Bonchev–Trinajstić information content (AvgIpc) is 3.32. The number of carbonyl (C=O) groups excluding carboxylic acids is 1. The summed E-state index contributed by atoms with van der Waals surface area (Å²) < 4.78 is 72.2. The van der Waals surface area contributed by atoms with Crippen LogP contribution in [0, 0.1) is 5.82 Å². The van der Waals surface area contributed by atoms with E-state index in [1.807, 2.05) is 0 Å². The fourth-order valence-corrected chi connectivity index (χ4v) is 5.15. The summed E-state index contributed by atoms with van der Waals surface area (Å²) in [6, 6.07) is 7.87. The molecule has 0 fully saturated rings. The lowest BCUT2D eigenvalue weighted by Gasteiger charge is -2.13. The Morgan fingerprint density at radius 3 is 2.72 bits per heavy atom. The van der Waals surface area contributed by atoms with E-state index in [0.29, 0.717) is 22.2 Å². The van der Waals surface area contributed by atoms with Crippen molar-refractivity contribution in [3.8, 4) is 5.75 Å². The molecule has 0 spiro atoms. The molecule has 9 nitrogen and oxygen atoms in total. The van der Waals surface area contributed by atoms with E-state index in [4.69, 9.17) is 17.3 Å². The Bertz CT molecular complexity index is 1740. The number of fused-ring (bicyclic) bond motifs is 1. The van der Waals surface area contributed by atoms with Gasteiger partial charge in [-0.2, -0.15) is 8.78 Å². The van der Waals surface area contributed by atoms with Crippen LogP contribution in [-0.4, -0.2) is 44.0 Å². The van der Waals surface area contributed by atoms with Crippen LogP contribution in [0.4, 0.5) is 18.9 Å². The number of ketones is 1. The maximum Gasteiger partial charge on any atom is 0.387 e. The van der Waals surface area contributed by atoms with Gasteiger partial charge in [-0.1, -0.05) is 17.7 Å². The Labute approximate surface area is 225 Å². The molecule has 0 saturated heterocycles. The van der Waals surface area contributed by atoms with Crippen LogP contribution in [-0.2, 0) is 10.0 Å². The number of anilines is 1. The van der Waals surface area contributed by atoms with E-state index in [1.54, 1.807) is 13.1 Å². The molecule has 0 radical (unpaired) electrons. The van der Waals surface area contributed by atoms with Crippen molar-refractivity contribution < 1.29 is 31.1 Å². The minimum atomic E-state index is -4.40. The zero-order chi connectivity index (χ0) is 28.3. The molecular weight excluding hydrogens is 559 g/mol. The number of sulfonamides is 1. The number of ether oxygens (including phenoxy) is 1. The molecule has 2 aromatic carbocycles. The maximum absolute atomic E-state index is 14.9. The molecule has 202 valence electrons. The van der Waals surface area contributed by atoms with Crippen LogP contribution in [0.15, 0.2) is 70.9 Å². The highest BCUT2D eigenvalue weighted by Crippen LogP contribution is 2.34. The first-order valence-corrected chi connectivity index (χ1v) is 12.8. The SMILES string of the molecule is CN=CC(=CN)c1cnc2[nH]cc(C(=O)c3c(F)ccc(NS(=O)(=O)c4cccc(OC(F)F)c4)c3Cl)c2c1. The van der Waals surface area contributed by atoms with E-state index in [1.165, 1.54) is 30.9 Å². The predicted molar refractivity (Wildman–Crippen MR) is 141 cm³/mol. The van der Waals surface area contributed by atoms with Crippen molar-refractivity contribution in [3.05, 3.63) is 88.6 Å². The number of rotatable bonds is 9. The van der Waals surface area contributed by atoms with E-state index in [0.717, 1.165) is 30.3 Å². The predicted octanol–water partition coefficient (Wildman–Crippen LogP) is 4.99. The molecule has 0 aliphatic carbocycles. The van der Waals surface area contributed by atoms with E-state index in [9.17, 15) is 26.4 Å². The zero-order valence-corrected chi connectivity index (χ0v) is 21.5. The average molecular weight is 578 g/mol. The monoisotopic (exact) mass is 577 g/mol. The first-order valence-electron chi connectivity index (χ1n) is 11.0. The molecule has 14 heteroatoms. The third-order valence-corrected chi connectivity index (χ3v) is 7.22. The molecular formula is C25H19ClF3N5O4S. The van der Waals surface area contributed by atoms with Crippen LogP contribution in [0.5, 0.6) is 5.75 Å². The minimum absolute atomic E-state index is 0.0156. The number of nitrogens with one attached hydrogen (secondary N) is 2. The first-order chi connectivity index (χ1) is 18.6. The number of nitrogens with zero attached hydrogens (tertiary/aromatic N) is 2. The van der Waals surface area contributed by atoms with Gasteiger partial charge in [0.25, 0.3) is 10.0 Å². The Kier molecular flexibility index (Phi) is 7.93. The Morgan fingerprint density at radius 2 is 2.03 bits per heavy atom. The van der Waals surface area contributed by atoms with Crippen LogP contribution in [0.2, 0.25) is 5.02 Å². The summed E-state index contributed by atoms with van der Waals surface area (Å²) in [5.74, 6) is -2.24. The van der Waals surface area contributed by atoms with Crippen molar-refractivity contribution in [1.82, 2.24) is 9.97 Å². The maximum atomic E-state index is 14.9. The van der Waals surface area contributed by atoms with E-state index in [-0.39, 0.29) is 17.0 Å². The van der Waals surface area contributed by atoms with Crippen LogP contribution in [0.25, 0.3) is 16.6 Å². The lowest BCUT2D eigenvalue weighted by atomic mass is 10.0. The second-order valence-corrected chi connectivity index (χ2v) is 9.96. The number of nitrogens with two attached hydrogens (primary N) is 1. The molecule has 39 heavy (non-hydrogen) atoms. The summed E-state index contributed by atoms with van der Waals surface area (Å²) in [5, 5.41) is -0.179. The van der Waals surface area contributed by atoms with Gasteiger partial charge in [0, 0.05) is 60.0 Å². The van der Waals surface area contributed by atoms with Gasteiger partial charge in [-0.15, -0.1) is 0 Å². The number of aromatic amines is 1. The highest BCUT2D eigenvalue weighted by atomic mass is 35.5. The number of allylic oxidation sites excluding steroid dienone is 1. The van der Waals surface area contributed by atoms with Crippen molar-refractivity contribution in [2.24, 2.45) is 10.7 Å². The summed E-state index contributed by atoms with van der Waals surface area (Å²) in [5.41, 5.74) is 6.15. The second kappa shape index (κ2) is 11.2. The van der Waals surface area contributed by atoms with Gasteiger partial charge in [-0.25, -0.2) is 17.8 Å². The Morgan fingerprint density at radius 1 is 1.26 bits per heavy atom. The lowest BCUT2D eigenvalue weighted by Crippen LogP contribution is -2.15. The molecule has 4 rings (SSSR count). The normalized spacial score (nSPS) is 12.4. The van der Waals surface area contributed by atoms with Gasteiger partial charge in [0.1, 0.15) is 17.2 Å². The molecule has 0 aliphatic rings. The van der Waals surface area contributed by atoms with Gasteiger partial charge in [-0.3, -0.25) is 14.5 Å². The van der Waals surface area contributed by atoms with Crippen molar-refractivity contribution in [3.63, 3.8) is 0 Å². The minimum Gasteiger partial charge on any atom is -0.435 e. The summed E-state index contributed by atoms with van der Waals surface area (Å²) in [6.07, 6.45) is 5.65. The molecule has 0 bridgehead atoms. The van der Waals surface area contributed by atoms with Crippen LogP contribution in [0.3, 0.4) is 0 Å². The van der Waals surface area contributed by atoms with Crippen molar-refractivity contribution in [2.75, 3.05) is 11.8 Å². The summed E-state index contributed by atoms with van der Waals surface area (Å²) in [6.45, 7) is -3.16. The van der Waals surface area contributed by atoms with Crippen LogP contribution in [0.1, 0.15) is 21.5 Å². The number of hydrogen-bond donors (Lipinski definition) is 3. The number of aromatic nitrogens is 2. The lowest BCUT2D eigenvalue weighted by molar-refractivity contribution is -0.0500. The molecule has 0 aliphatic heterocycles. The molecule has 0 saturated carbocycles. The number of halogens is 4. The van der Waals surface area contributed by atoms with Gasteiger partial charge in [-0.05, 0) is 30.3 Å². The second-order valence-electron chi connectivity index (χ2n) is 7.90. The topological polar surface area (TPSA) is 140 Å². The highest BCUT2D eigenvalue weighted by Gasteiger charge is 2.26. The summed E-state index contributed by atoms with van der Waals surface area (Å²) in [7, 11) is -2.85. The molecule has 4 aromatic rings. The van der Waals surface area contributed by atoms with Crippen LogP contribution < -0.4 is 15.2 Å². The smallest absolute Gasteiger partial charge is 0.387 e. The zero-order valence-electron chi connectivity index (χ0n) is 20.0. The number of pyridine rings is 1. The number of alkyl halides is 2. The van der Waals surface area contributed by atoms with Gasteiger partial charge >= 0.3 is 6.61 Å². The molecule has 0 atom stereocenters. The third kappa shape index (κ3) is 5.73. The summed E-state index contributed by atoms with van der Waals surface area (Å²) in [4.78, 5) is 24.0. The molecule has 0 amide bonds. The quantitative estimate of drug-likeness (QED) is 0.189. The Balaban J connectivity index is 1.73. The number of hydrogen-bond acceptors (Lipinski definition) is 7. The number of H-pyrrole nitrogens is 1.